The maximum atomic E-state index is 12.6. The predicted molar refractivity (Wildman–Crippen MR) is 111 cm³/mol. The minimum absolute atomic E-state index is 0.0467. The molecule has 0 saturated carbocycles. The monoisotopic (exact) mass is 437 g/mol. The number of hydrogen-bond donors (Lipinski definition) is 2. The number of phenolic OH excluding ortho intramolecular Hbond substituents is 1. The molecule has 1 saturated heterocycles. The molecule has 26 heavy (non-hydrogen) atoms. The number of piperidine rings is 1. The van der Waals surface area contributed by atoms with E-state index in [1.165, 1.54) is 36.7 Å². The smallest absolute Gasteiger partial charge is 0.261 e. The first-order chi connectivity index (χ1) is 12.3. The van der Waals surface area contributed by atoms with E-state index < -0.39 is 0 Å². The first kappa shape index (κ1) is 19.2. The lowest BCUT2D eigenvalue weighted by molar-refractivity contribution is 0.102. The fraction of sp³-hybridized carbons (Fsp3) is 0.474. The summed E-state index contributed by atoms with van der Waals surface area (Å²) < 4.78 is 0.740. The topological polar surface area (TPSA) is 65.5 Å². The number of halogens is 1. The van der Waals surface area contributed by atoms with Crippen molar-refractivity contribution in [1.82, 2.24) is 4.98 Å². The number of carbonyl (C=O) groups excluding carboxylic acids is 1. The molecule has 0 bridgehead atoms. The molecule has 2 aromatic rings. The maximum Gasteiger partial charge on any atom is 0.261 e. The number of anilines is 2. The van der Waals surface area contributed by atoms with Gasteiger partial charge < -0.3 is 10.0 Å². The average Bonchev–Trinajstić information content (AvgIpc) is 3.02. The van der Waals surface area contributed by atoms with Gasteiger partial charge in [0, 0.05) is 23.0 Å². The van der Waals surface area contributed by atoms with E-state index in [4.69, 9.17) is 4.98 Å². The molecule has 2 heterocycles. The third-order valence-electron chi connectivity index (χ3n) is 4.39. The summed E-state index contributed by atoms with van der Waals surface area (Å²) in [6, 6.07) is 4.80. The summed E-state index contributed by atoms with van der Waals surface area (Å²) in [6.45, 7) is 8.49. The zero-order valence-electron chi connectivity index (χ0n) is 15.3. The highest BCUT2D eigenvalue weighted by molar-refractivity contribution is 9.10. The van der Waals surface area contributed by atoms with Gasteiger partial charge in [0.15, 0.2) is 5.13 Å². The van der Waals surface area contributed by atoms with Gasteiger partial charge in [0.2, 0.25) is 0 Å². The van der Waals surface area contributed by atoms with E-state index in [2.05, 4.69) is 46.9 Å². The molecule has 1 aliphatic heterocycles. The molecule has 0 radical (unpaired) electrons. The molecule has 0 spiro atoms. The summed E-state index contributed by atoms with van der Waals surface area (Å²) in [5.41, 5.74) is 1.13. The minimum Gasteiger partial charge on any atom is -0.507 e. The zero-order chi connectivity index (χ0) is 18.9. The number of rotatable bonds is 3. The number of benzene rings is 1. The number of nitrogens with zero attached hydrogens (tertiary/aromatic N) is 2. The molecule has 0 atom stereocenters. The van der Waals surface area contributed by atoms with Crippen LogP contribution in [0.15, 0.2) is 22.7 Å². The summed E-state index contributed by atoms with van der Waals surface area (Å²) in [4.78, 5) is 19.7. The number of nitrogens with one attached hydrogen (secondary N) is 1. The Labute approximate surface area is 166 Å². The number of aromatic nitrogens is 1. The van der Waals surface area contributed by atoms with Gasteiger partial charge in [-0.2, -0.15) is 0 Å². The fourth-order valence-electron chi connectivity index (χ4n) is 3.02. The molecule has 0 unspecified atom stereocenters. The van der Waals surface area contributed by atoms with Crippen LogP contribution in [-0.4, -0.2) is 29.1 Å². The molecule has 3 rings (SSSR count). The summed E-state index contributed by atoms with van der Waals surface area (Å²) in [7, 11) is 0. The molecular weight excluding hydrogens is 414 g/mol. The summed E-state index contributed by atoms with van der Waals surface area (Å²) >= 11 is 4.85. The van der Waals surface area contributed by atoms with E-state index in [1.807, 2.05) is 0 Å². The minimum atomic E-state index is -0.358. The van der Waals surface area contributed by atoms with E-state index in [1.54, 1.807) is 12.1 Å². The normalized spacial score (nSPS) is 15.2. The van der Waals surface area contributed by atoms with Crippen molar-refractivity contribution in [3.8, 4) is 5.75 Å². The first-order valence-corrected chi connectivity index (χ1v) is 10.4. The van der Waals surface area contributed by atoms with Crippen LogP contribution in [0.25, 0.3) is 0 Å². The van der Waals surface area contributed by atoms with Crippen LogP contribution in [0.2, 0.25) is 0 Å². The standard InChI is InChI=1S/C19H24BrN3O2S/c1-19(2,3)15-17(23-9-5-4-6-10-23)26-18(21-15)22-16(25)13-11-12(20)7-8-14(13)24/h7-8,11,24H,4-6,9-10H2,1-3H3,(H,21,22,25). The lowest BCUT2D eigenvalue weighted by atomic mass is 9.92. The van der Waals surface area contributed by atoms with Crippen LogP contribution in [0.4, 0.5) is 10.1 Å². The molecule has 2 N–H and O–H groups in total. The van der Waals surface area contributed by atoms with E-state index in [0.717, 1.165) is 28.3 Å². The number of carbonyl (C=O) groups is 1. The maximum absolute atomic E-state index is 12.6. The van der Waals surface area contributed by atoms with Crippen molar-refractivity contribution < 1.29 is 9.90 Å². The Hall–Kier alpha value is -1.60. The van der Waals surface area contributed by atoms with Crippen LogP contribution in [0, 0.1) is 0 Å². The van der Waals surface area contributed by atoms with Gasteiger partial charge in [-0.15, -0.1) is 0 Å². The van der Waals surface area contributed by atoms with Gasteiger partial charge in [-0.25, -0.2) is 4.98 Å². The molecule has 7 heteroatoms. The van der Waals surface area contributed by atoms with Crippen molar-refractivity contribution in [1.29, 1.82) is 0 Å². The second kappa shape index (κ2) is 7.56. The van der Waals surface area contributed by atoms with Crippen LogP contribution in [-0.2, 0) is 5.41 Å². The first-order valence-electron chi connectivity index (χ1n) is 8.82. The van der Waals surface area contributed by atoms with Crippen molar-refractivity contribution in [2.75, 3.05) is 23.3 Å². The molecule has 1 aromatic carbocycles. The highest BCUT2D eigenvalue weighted by Crippen LogP contribution is 2.40. The van der Waals surface area contributed by atoms with E-state index in [0.29, 0.717) is 5.13 Å². The Morgan fingerprint density at radius 1 is 1.27 bits per heavy atom. The van der Waals surface area contributed by atoms with E-state index >= 15 is 0 Å². The van der Waals surface area contributed by atoms with Crippen LogP contribution in [0.5, 0.6) is 5.75 Å². The largest absolute Gasteiger partial charge is 0.507 e. The van der Waals surface area contributed by atoms with Crippen molar-refractivity contribution in [2.45, 2.75) is 45.4 Å². The summed E-state index contributed by atoms with van der Waals surface area (Å²) in [5, 5.41) is 14.5. The molecule has 140 valence electrons. The Morgan fingerprint density at radius 3 is 2.62 bits per heavy atom. The Morgan fingerprint density at radius 2 is 1.96 bits per heavy atom. The van der Waals surface area contributed by atoms with Crippen molar-refractivity contribution in [3.05, 3.63) is 33.9 Å². The van der Waals surface area contributed by atoms with Gasteiger partial charge in [-0.1, -0.05) is 48.0 Å². The third-order valence-corrected chi connectivity index (χ3v) is 5.91. The Kier molecular flexibility index (Phi) is 5.58. The number of phenols is 1. The molecule has 1 aromatic heterocycles. The Balaban J connectivity index is 1.89. The highest BCUT2D eigenvalue weighted by atomic mass is 79.9. The third kappa shape index (κ3) is 4.20. The van der Waals surface area contributed by atoms with Gasteiger partial charge in [-0.3, -0.25) is 10.1 Å². The highest BCUT2D eigenvalue weighted by Gasteiger charge is 2.28. The van der Waals surface area contributed by atoms with Crippen LogP contribution in [0.3, 0.4) is 0 Å². The van der Waals surface area contributed by atoms with Crippen LogP contribution < -0.4 is 10.2 Å². The van der Waals surface area contributed by atoms with Crippen molar-refractivity contribution >= 4 is 43.3 Å². The van der Waals surface area contributed by atoms with Crippen LogP contribution >= 0.6 is 27.3 Å². The second-order valence-electron chi connectivity index (χ2n) is 7.59. The van der Waals surface area contributed by atoms with E-state index in [-0.39, 0.29) is 22.6 Å². The molecule has 1 fully saturated rings. The Bertz CT molecular complexity index is 808. The van der Waals surface area contributed by atoms with Gasteiger partial charge in [0.05, 0.1) is 11.3 Å². The predicted octanol–water partition coefficient (Wildman–Crippen LogP) is 5.15. The number of hydrogen-bond acceptors (Lipinski definition) is 5. The van der Waals surface area contributed by atoms with Gasteiger partial charge in [0.1, 0.15) is 10.8 Å². The summed E-state index contributed by atoms with van der Waals surface area (Å²) in [6.07, 6.45) is 3.65. The SMILES string of the molecule is CC(C)(C)c1nc(NC(=O)c2cc(Br)ccc2O)sc1N1CCCCC1. The number of thiazole rings is 1. The number of aromatic hydroxyl groups is 1. The van der Waals surface area contributed by atoms with Gasteiger partial charge in [0.25, 0.3) is 5.91 Å². The average molecular weight is 438 g/mol. The van der Waals surface area contributed by atoms with E-state index in [9.17, 15) is 9.90 Å². The zero-order valence-corrected chi connectivity index (χ0v) is 17.7. The second-order valence-corrected chi connectivity index (χ2v) is 9.48. The van der Waals surface area contributed by atoms with Gasteiger partial charge in [-0.05, 0) is 37.5 Å². The lowest BCUT2D eigenvalue weighted by Gasteiger charge is -2.30. The quantitative estimate of drug-likeness (QED) is 0.696. The number of amides is 1. The molecule has 1 aliphatic rings. The van der Waals surface area contributed by atoms with Crippen LogP contribution in [0.1, 0.15) is 56.1 Å². The summed E-state index contributed by atoms with van der Waals surface area (Å²) in [5.74, 6) is -0.405. The molecular formula is C19H24BrN3O2S. The lowest BCUT2D eigenvalue weighted by Crippen LogP contribution is -2.30. The van der Waals surface area contributed by atoms with Gasteiger partial charge >= 0.3 is 0 Å². The molecule has 0 aliphatic carbocycles. The fourth-order valence-corrected chi connectivity index (χ4v) is 4.61. The van der Waals surface area contributed by atoms with Crippen molar-refractivity contribution in [3.63, 3.8) is 0 Å². The van der Waals surface area contributed by atoms with Crippen molar-refractivity contribution in [2.24, 2.45) is 0 Å². The molecule has 5 nitrogen and oxygen atoms in total. The molecule has 1 amide bonds.